The van der Waals surface area contributed by atoms with Gasteiger partial charge in [-0.15, -0.1) is 0 Å². The summed E-state index contributed by atoms with van der Waals surface area (Å²) in [5.41, 5.74) is 0.906. The lowest BCUT2D eigenvalue weighted by Gasteiger charge is -2.13. The van der Waals surface area contributed by atoms with Crippen LogP contribution in [0.25, 0.3) is 6.08 Å². The molecule has 9 nitrogen and oxygen atoms in total. The normalized spacial score (nSPS) is 14.5. The van der Waals surface area contributed by atoms with E-state index in [-0.39, 0.29) is 16.4 Å². The molecule has 172 valence electrons. The van der Waals surface area contributed by atoms with E-state index in [9.17, 15) is 19.2 Å². The van der Waals surface area contributed by atoms with E-state index in [1.165, 1.54) is 13.2 Å². The summed E-state index contributed by atoms with van der Waals surface area (Å²) in [6, 6.07) is 9.81. The summed E-state index contributed by atoms with van der Waals surface area (Å²) in [7, 11) is 1.40. The Kier molecular flexibility index (Phi) is 8.21. The molecule has 0 aromatic heterocycles. The number of carboxylic acid groups (broad SMARTS) is 1. The number of carbonyl (C=O) groups excluding carboxylic acids is 3. The van der Waals surface area contributed by atoms with Crippen LogP contribution in [0.1, 0.15) is 5.56 Å². The zero-order valence-electron chi connectivity index (χ0n) is 17.0. The van der Waals surface area contributed by atoms with Crippen molar-refractivity contribution in [2.24, 2.45) is 0 Å². The number of nitrogens with one attached hydrogen (secondary N) is 1. The summed E-state index contributed by atoms with van der Waals surface area (Å²) in [5, 5.41) is 11.1. The third-order valence-electron chi connectivity index (χ3n) is 4.21. The van der Waals surface area contributed by atoms with E-state index in [0.717, 1.165) is 4.90 Å². The fraction of sp³-hybridized carbons (Fsp3) is 0.143. The predicted molar refractivity (Wildman–Crippen MR) is 132 cm³/mol. The summed E-state index contributed by atoms with van der Waals surface area (Å²) >= 11 is 8.67. The molecular formula is C21H16ClIN2O7S. The SMILES string of the molecule is COc1cc(/C=C2/SC(=O)N(CC(=O)Nc3ccccc3Cl)C2=O)cc(I)c1OCC(=O)O. The standard InChI is InChI=1S/C21H16ClIN2O7S/c1-31-15-7-11(6-13(23)19(15)32-10-18(27)28)8-16-20(29)25(21(30)33-16)9-17(26)24-14-5-3-2-4-12(14)22/h2-8H,9-10H2,1H3,(H,24,26)(H,27,28)/b16-8+. The van der Waals surface area contributed by atoms with Gasteiger partial charge in [-0.1, -0.05) is 23.7 Å². The number of hydrogen-bond donors (Lipinski definition) is 2. The molecule has 0 unspecified atom stereocenters. The van der Waals surface area contributed by atoms with Crippen molar-refractivity contribution < 1.29 is 33.8 Å². The van der Waals surface area contributed by atoms with Crippen LogP contribution < -0.4 is 14.8 Å². The second-order valence-electron chi connectivity index (χ2n) is 6.51. The number of nitrogens with zero attached hydrogens (tertiary/aromatic N) is 1. The van der Waals surface area contributed by atoms with Gasteiger partial charge in [0.05, 0.1) is 26.3 Å². The average Bonchev–Trinajstić information content (AvgIpc) is 3.01. The lowest BCUT2D eigenvalue weighted by Crippen LogP contribution is -2.36. The minimum Gasteiger partial charge on any atom is -0.493 e. The van der Waals surface area contributed by atoms with Crippen LogP contribution in [0.5, 0.6) is 11.5 Å². The topological polar surface area (TPSA) is 122 Å². The summed E-state index contributed by atoms with van der Waals surface area (Å²) in [4.78, 5) is 49.2. The van der Waals surface area contributed by atoms with Crippen LogP contribution in [0.15, 0.2) is 41.3 Å². The molecule has 0 atom stereocenters. The molecule has 0 bridgehead atoms. The molecule has 2 aromatic rings. The predicted octanol–water partition coefficient (Wildman–Crippen LogP) is 4.09. The van der Waals surface area contributed by atoms with Gasteiger partial charge in [0.15, 0.2) is 18.1 Å². The van der Waals surface area contributed by atoms with Crippen LogP contribution in [0.4, 0.5) is 10.5 Å². The second kappa shape index (κ2) is 10.9. The van der Waals surface area contributed by atoms with Crippen LogP contribution in [0.3, 0.4) is 0 Å². The van der Waals surface area contributed by atoms with E-state index in [2.05, 4.69) is 5.32 Å². The number of amides is 3. The third-order valence-corrected chi connectivity index (χ3v) is 6.25. The minimum absolute atomic E-state index is 0.127. The highest BCUT2D eigenvalue weighted by atomic mass is 127. The number of carboxylic acids is 1. The number of anilines is 1. The maximum absolute atomic E-state index is 12.7. The number of imide groups is 1. The zero-order valence-corrected chi connectivity index (χ0v) is 20.7. The van der Waals surface area contributed by atoms with E-state index >= 15 is 0 Å². The first-order chi connectivity index (χ1) is 15.7. The smallest absolute Gasteiger partial charge is 0.341 e. The molecule has 0 saturated carbocycles. The molecule has 1 aliphatic rings. The fourth-order valence-corrected chi connectivity index (χ4v) is 4.58. The minimum atomic E-state index is -1.14. The zero-order chi connectivity index (χ0) is 24.1. The Hall–Kier alpha value is -2.77. The maximum Gasteiger partial charge on any atom is 0.341 e. The summed E-state index contributed by atoms with van der Waals surface area (Å²) in [6.45, 7) is -1.00. The molecular weight excluding hydrogens is 587 g/mol. The maximum atomic E-state index is 12.7. The molecule has 1 fully saturated rings. The van der Waals surface area contributed by atoms with Crippen molar-refractivity contribution in [3.63, 3.8) is 0 Å². The molecule has 1 heterocycles. The summed E-state index contributed by atoms with van der Waals surface area (Å²) in [6.07, 6.45) is 1.49. The highest BCUT2D eigenvalue weighted by molar-refractivity contribution is 14.1. The van der Waals surface area contributed by atoms with E-state index in [1.54, 1.807) is 36.4 Å². The Morgan fingerprint density at radius 3 is 2.67 bits per heavy atom. The van der Waals surface area contributed by atoms with Gasteiger partial charge in [-0.3, -0.25) is 19.3 Å². The van der Waals surface area contributed by atoms with Crippen LogP contribution in [0, 0.1) is 3.57 Å². The number of hydrogen-bond acceptors (Lipinski definition) is 7. The molecule has 3 rings (SSSR count). The monoisotopic (exact) mass is 602 g/mol. The lowest BCUT2D eigenvalue weighted by atomic mass is 10.2. The number of thioether (sulfide) groups is 1. The van der Waals surface area contributed by atoms with Gasteiger partial charge < -0.3 is 19.9 Å². The van der Waals surface area contributed by atoms with E-state index in [4.69, 9.17) is 26.2 Å². The van der Waals surface area contributed by atoms with Crippen molar-refractivity contribution in [1.82, 2.24) is 4.90 Å². The average molecular weight is 603 g/mol. The van der Waals surface area contributed by atoms with E-state index in [0.29, 0.717) is 31.6 Å². The number of ether oxygens (including phenoxy) is 2. The Morgan fingerprint density at radius 1 is 1.27 bits per heavy atom. The molecule has 2 aromatic carbocycles. The number of benzene rings is 2. The van der Waals surface area contributed by atoms with Gasteiger partial charge in [-0.05, 0) is 70.3 Å². The van der Waals surface area contributed by atoms with Crippen molar-refractivity contribution in [1.29, 1.82) is 0 Å². The van der Waals surface area contributed by atoms with Gasteiger partial charge >= 0.3 is 5.97 Å². The fourth-order valence-electron chi connectivity index (χ4n) is 2.78. The molecule has 3 amide bonds. The lowest BCUT2D eigenvalue weighted by molar-refractivity contribution is -0.139. The highest BCUT2D eigenvalue weighted by Crippen LogP contribution is 2.37. The first-order valence-electron chi connectivity index (χ1n) is 9.21. The Bertz CT molecular complexity index is 1170. The van der Waals surface area contributed by atoms with Gasteiger partial charge in [0.2, 0.25) is 5.91 Å². The van der Waals surface area contributed by atoms with Gasteiger partial charge in [0, 0.05) is 0 Å². The van der Waals surface area contributed by atoms with E-state index < -0.39 is 36.2 Å². The number of para-hydroxylation sites is 1. The van der Waals surface area contributed by atoms with Crippen molar-refractivity contribution in [3.8, 4) is 11.5 Å². The molecule has 0 spiro atoms. The number of rotatable bonds is 8. The number of aliphatic carboxylic acids is 1. The van der Waals surface area contributed by atoms with Gasteiger partial charge in [0.1, 0.15) is 6.54 Å². The summed E-state index contributed by atoms with van der Waals surface area (Å²) < 4.78 is 11.1. The van der Waals surface area contributed by atoms with Crippen LogP contribution in [0.2, 0.25) is 5.02 Å². The molecule has 33 heavy (non-hydrogen) atoms. The Labute approximate surface area is 211 Å². The van der Waals surface area contributed by atoms with Gasteiger partial charge in [-0.2, -0.15) is 0 Å². The number of methoxy groups -OCH3 is 1. The van der Waals surface area contributed by atoms with Crippen molar-refractivity contribution in [2.75, 3.05) is 25.6 Å². The molecule has 2 N–H and O–H groups in total. The van der Waals surface area contributed by atoms with E-state index in [1.807, 2.05) is 22.6 Å². The van der Waals surface area contributed by atoms with Crippen LogP contribution in [-0.4, -0.2) is 53.3 Å². The number of carbonyl (C=O) groups is 4. The first-order valence-corrected chi connectivity index (χ1v) is 11.5. The van der Waals surface area contributed by atoms with Crippen molar-refractivity contribution in [2.45, 2.75) is 0 Å². The highest BCUT2D eigenvalue weighted by Gasteiger charge is 2.36. The Balaban J connectivity index is 1.76. The molecule has 12 heteroatoms. The quantitative estimate of drug-likeness (QED) is 0.342. The number of halogens is 2. The van der Waals surface area contributed by atoms with Gasteiger partial charge in [-0.25, -0.2) is 4.79 Å². The second-order valence-corrected chi connectivity index (χ2v) is 9.07. The Morgan fingerprint density at radius 2 is 2.00 bits per heavy atom. The van der Waals surface area contributed by atoms with Crippen LogP contribution in [-0.2, 0) is 14.4 Å². The largest absolute Gasteiger partial charge is 0.493 e. The van der Waals surface area contributed by atoms with Crippen LogP contribution >= 0.6 is 46.0 Å². The first kappa shape index (κ1) is 24.9. The molecule has 0 radical (unpaired) electrons. The van der Waals surface area contributed by atoms with Gasteiger partial charge in [0.25, 0.3) is 11.1 Å². The third kappa shape index (κ3) is 6.18. The molecule has 0 aliphatic carbocycles. The summed E-state index contributed by atoms with van der Waals surface area (Å²) in [5.74, 6) is -1.79. The van der Waals surface area contributed by atoms with Crippen molar-refractivity contribution >= 4 is 80.7 Å². The molecule has 1 saturated heterocycles. The van der Waals surface area contributed by atoms with Crippen molar-refractivity contribution in [3.05, 3.63) is 55.5 Å². The molecule has 1 aliphatic heterocycles.